The highest BCUT2D eigenvalue weighted by atomic mass is 15.0. The van der Waals surface area contributed by atoms with Crippen molar-refractivity contribution in [3.63, 3.8) is 0 Å². The van der Waals surface area contributed by atoms with Gasteiger partial charge in [-0.3, -0.25) is 4.40 Å². The fourth-order valence-electron chi connectivity index (χ4n) is 5.08. The molecule has 0 amide bonds. The van der Waals surface area contributed by atoms with Crippen molar-refractivity contribution in [2.75, 3.05) is 0 Å². The number of nitrogens with zero attached hydrogens (tertiary/aromatic N) is 3. The number of fused-ring (bicyclic) bond motifs is 7. The summed E-state index contributed by atoms with van der Waals surface area (Å²) in [5.41, 5.74) is 8.56. The summed E-state index contributed by atoms with van der Waals surface area (Å²) in [6.07, 6.45) is 6.38. The van der Waals surface area contributed by atoms with Crippen LogP contribution in [0.4, 0.5) is 0 Å². The normalized spacial score (nSPS) is 12.0. The predicted octanol–water partition coefficient (Wildman–Crippen LogP) is 6.92. The summed E-state index contributed by atoms with van der Waals surface area (Å²) in [6, 6.07) is 22.1. The van der Waals surface area contributed by atoms with Gasteiger partial charge in [0, 0.05) is 46.7 Å². The summed E-state index contributed by atoms with van der Waals surface area (Å²) in [4.78, 5) is 5.22. The van der Waals surface area contributed by atoms with Crippen LogP contribution in [0.15, 0.2) is 73.1 Å². The van der Waals surface area contributed by atoms with Crippen LogP contribution in [0.1, 0.15) is 25.0 Å². The Bertz CT molecular complexity index is 1590. The molecule has 0 atom stereocenters. The number of imidazole rings is 1. The van der Waals surface area contributed by atoms with E-state index in [1.165, 1.54) is 49.3 Å². The fourth-order valence-corrected chi connectivity index (χ4v) is 5.08. The lowest BCUT2D eigenvalue weighted by molar-refractivity contribution is 0.969. The van der Waals surface area contributed by atoms with Crippen molar-refractivity contribution in [1.82, 2.24) is 14.0 Å². The van der Waals surface area contributed by atoms with Crippen LogP contribution < -0.4 is 0 Å². The molecule has 6 rings (SSSR count). The number of rotatable bonds is 3. The maximum atomic E-state index is 5.22. The molecule has 3 heterocycles. The van der Waals surface area contributed by atoms with Crippen LogP contribution >= 0.6 is 0 Å². The lowest BCUT2D eigenvalue weighted by atomic mass is 9.95. The molecule has 3 heteroatoms. The molecule has 0 saturated carbocycles. The summed E-state index contributed by atoms with van der Waals surface area (Å²) in [5, 5.41) is 4.99. The maximum absolute atomic E-state index is 5.22. The third-order valence-corrected chi connectivity index (χ3v) is 6.68. The largest absolute Gasteiger partial charge is 0.350 e. The molecule has 6 aromatic rings. The number of hydrogen-bond donors (Lipinski definition) is 0. The summed E-state index contributed by atoms with van der Waals surface area (Å²) >= 11 is 0. The number of hydrogen-bond acceptors (Lipinski definition) is 1. The van der Waals surface area contributed by atoms with Gasteiger partial charge in [0.05, 0.1) is 11.2 Å². The monoisotopic (exact) mass is 403 g/mol. The molecule has 31 heavy (non-hydrogen) atoms. The summed E-state index contributed by atoms with van der Waals surface area (Å²) in [6.45, 7) is 4.45. The van der Waals surface area contributed by atoms with Crippen molar-refractivity contribution in [1.29, 1.82) is 0 Å². The van der Waals surface area contributed by atoms with Crippen molar-refractivity contribution < 1.29 is 0 Å². The predicted molar refractivity (Wildman–Crippen MR) is 131 cm³/mol. The van der Waals surface area contributed by atoms with Crippen LogP contribution in [0.25, 0.3) is 49.5 Å². The van der Waals surface area contributed by atoms with Gasteiger partial charge in [0.1, 0.15) is 5.65 Å². The summed E-state index contributed by atoms with van der Waals surface area (Å²) < 4.78 is 4.49. The zero-order valence-electron chi connectivity index (χ0n) is 18.2. The second-order valence-corrected chi connectivity index (χ2v) is 8.38. The highest BCUT2D eigenvalue weighted by Crippen LogP contribution is 2.35. The molecule has 0 aliphatic carbocycles. The van der Waals surface area contributed by atoms with Crippen molar-refractivity contribution in [3.8, 4) is 11.3 Å². The Morgan fingerprint density at radius 2 is 1.52 bits per heavy atom. The number of aromatic nitrogens is 3. The average molecular weight is 404 g/mol. The molecule has 3 aromatic carbocycles. The van der Waals surface area contributed by atoms with Gasteiger partial charge < -0.3 is 4.57 Å². The quantitative estimate of drug-likeness (QED) is 0.294. The summed E-state index contributed by atoms with van der Waals surface area (Å²) in [5.74, 6) is 0. The first-order chi connectivity index (χ1) is 15.2. The van der Waals surface area contributed by atoms with Gasteiger partial charge in [0.25, 0.3) is 0 Å². The average Bonchev–Trinajstić information content (AvgIpc) is 3.41. The first kappa shape index (κ1) is 18.2. The molecule has 0 fully saturated rings. The SMILES string of the molecule is CCc1cccc(CC)c1-c1cn2c3cc4c(ccn4C)cc3c3ccccc3c2n1. The lowest BCUT2D eigenvalue weighted by Gasteiger charge is -2.10. The van der Waals surface area contributed by atoms with Crippen LogP contribution in [-0.2, 0) is 19.9 Å². The van der Waals surface area contributed by atoms with Gasteiger partial charge in [-0.2, -0.15) is 0 Å². The molecule has 0 N–H and O–H groups in total. The van der Waals surface area contributed by atoms with Gasteiger partial charge >= 0.3 is 0 Å². The highest BCUT2D eigenvalue weighted by Gasteiger charge is 2.17. The molecular formula is C28H25N3. The lowest BCUT2D eigenvalue weighted by Crippen LogP contribution is -1.94. The molecule has 3 nitrogen and oxygen atoms in total. The Morgan fingerprint density at radius 1 is 0.774 bits per heavy atom. The zero-order valence-corrected chi connectivity index (χ0v) is 18.2. The fraction of sp³-hybridized carbons (Fsp3) is 0.179. The van der Waals surface area contributed by atoms with Crippen molar-refractivity contribution in [3.05, 3.63) is 84.2 Å². The molecule has 152 valence electrons. The number of benzene rings is 3. The van der Waals surface area contributed by atoms with Gasteiger partial charge in [-0.05, 0) is 47.6 Å². The van der Waals surface area contributed by atoms with Crippen molar-refractivity contribution in [2.45, 2.75) is 26.7 Å². The molecule has 0 spiro atoms. The van der Waals surface area contributed by atoms with E-state index in [2.05, 4.69) is 103 Å². The topological polar surface area (TPSA) is 22.2 Å². The molecule has 0 bridgehead atoms. The maximum Gasteiger partial charge on any atom is 0.145 e. The van der Waals surface area contributed by atoms with Gasteiger partial charge in [0.2, 0.25) is 0 Å². The summed E-state index contributed by atoms with van der Waals surface area (Å²) in [7, 11) is 2.11. The molecular weight excluding hydrogens is 378 g/mol. The Hall–Kier alpha value is -3.59. The second-order valence-electron chi connectivity index (χ2n) is 8.38. The van der Waals surface area contributed by atoms with Crippen LogP contribution in [-0.4, -0.2) is 14.0 Å². The van der Waals surface area contributed by atoms with E-state index in [9.17, 15) is 0 Å². The van der Waals surface area contributed by atoms with Crippen molar-refractivity contribution in [2.24, 2.45) is 7.05 Å². The van der Waals surface area contributed by atoms with E-state index in [0.29, 0.717) is 0 Å². The van der Waals surface area contributed by atoms with E-state index >= 15 is 0 Å². The van der Waals surface area contributed by atoms with E-state index in [1.54, 1.807) is 0 Å². The van der Waals surface area contributed by atoms with Gasteiger partial charge in [-0.25, -0.2) is 4.98 Å². The molecule has 0 aliphatic rings. The number of pyridine rings is 1. The smallest absolute Gasteiger partial charge is 0.145 e. The third kappa shape index (κ3) is 2.56. The Balaban J connectivity index is 1.80. The Morgan fingerprint density at radius 3 is 2.26 bits per heavy atom. The van der Waals surface area contributed by atoms with Gasteiger partial charge in [-0.15, -0.1) is 0 Å². The first-order valence-corrected chi connectivity index (χ1v) is 11.1. The minimum Gasteiger partial charge on any atom is -0.350 e. The minimum absolute atomic E-state index is 1.00. The molecule has 0 radical (unpaired) electrons. The van der Waals surface area contributed by atoms with E-state index in [4.69, 9.17) is 4.98 Å². The number of aryl methyl sites for hydroxylation is 3. The van der Waals surface area contributed by atoms with Crippen LogP contribution in [0.2, 0.25) is 0 Å². The van der Waals surface area contributed by atoms with Crippen LogP contribution in [0, 0.1) is 0 Å². The highest BCUT2D eigenvalue weighted by molar-refractivity contribution is 6.15. The van der Waals surface area contributed by atoms with Crippen molar-refractivity contribution >= 4 is 38.2 Å². The minimum atomic E-state index is 1.00. The molecule has 0 saturated heterocycles. The second kappa shape index (κ2) is 6.71. The molecule has 3 aromatic heterocycles. The van der Waals surface area contributed by atoms with Crippen LogP contribution in [0.5, 0.6) is 0 Å². The van der Waals surface area contributed by atoms with E-state index in [1.807, 2.05) is 0 Å². The molecule has 0 aliphatic heterocycles. The standard InChI is InChI=1S/C28H25N3/c1-4-18-9-8-10-19(5-2)27(18)24-17-31-26-16-25-20(13-14-30(25)3)15-23(26)21-11-6-7-12-22(21)28(31)29-24/h6-17H,4-5H2,1-3H3. The van der Waals surface area contributed by atoms with E-state index in [-0.39, 0.29) is 0 Å². The van der Waals surface area contributed by atoms with E-state index in [0.717, 1.165) is 24.2 Å². The Labute approximate surface area is 181 Å². The van der Waals surface area contributed by atoms with Crippen LogP contribution in [0.3, 0.4) is 0 Å². The Kier molecular flexibility index (Phi) is 3.94. The molecule has 0 unspecified atom stereocenters. The third-order valence-electron chi connectivity index (χ3n) is 6.68. The first-order valence-electron chi connectivity index (χ1n) is 11.1. The van der Waals surface area contributed by atoms with E-state index < -0.39 is 0 Å². The zero-order chi connectivity index (χ0) is 21.1. The van der Waals surface area contributed by atoms with Gasteiger partial charge in [0.15, 0.2) is 0 Å². The van der Waals surface area contributed by atoms with Gasteiger partial charge in [-0.1, -0.05) is 56.3 Å².